The summed E-state index contributed by atoms with van der Waals surface area (Å²) in [5.41, 5.74) is -0.550. The van der Waals surface area contributed by atoms with Crippen molar-refractivity contribution >= 4 is 28.8 Å². The number of hydrogen-bond donors (Lipinski definition) is 0. The fourth-order valence-electron chi connectivity index (χ4n) is 1.91. The van der Waals surface area contributed by atoms with Crippen molar-refractivity contribution in [2.24, 2.45) is 5.10 Å². The van der Waals surface area contributed by atoms with E-state index in [1.165, 1.54) is 25.3 Å². The smallest absolute Gasteiger partial charge is 0.362 e. The van der Waals surface area contributed by atoms with Crippen LogP contribution in [0.2, 0.25) is 0 Å². The van der Waals surface area contributed by atoms with E-state index in [1.807, 2.05) is 0 Å². The lowest BCUT2D eigenvalue weighted by atomic mass is 10.2. The number of anilines is 1. The van der Waals surface area contributed by atoms with Crippen LogP contribution in [0.5, 0.6) is 5.75 Å². The molecule has 2 rings (SSSR count). The summed E-state index contributed by atoms with van der Waals surface area (Å²) in [7, 11) is 1.38. The Balaban J connectivity index is 2.39. The highest BCUT2D eigenvalue weighted by Gasteiger charge is 2.34. The predicted molar refractivity (Wildman–Crippen MR) is 76.1 cm³/mol. The van der Waals surface area contributed by atoms with E-state index in [2.05, 4.69) is 5.10 Å². The van der Waals surface area contributed by atoms with Crippen LogP contribution in [0.15, 0.2) is 23.3 Å². The second-order valence-corrected chi connectivity index (χ2v) is 4.26. The van der Waals surface area contributed by atoms with Crippen molar-refractivity contribution in [3.8, 4) is 5.75 Å². The molecular weight excluding hydrogens is 294 g/mol. The van der Waals surface area contributed by atoms with Crippen molar-refractivity contribution < 1.29 is 24.0 Å². The number of nitro groups is 1. The molecule has 1 aliphatic heterocycles. The van der Waals surface area contributed by atoms with E-state index >= 15 is 0 Å². The van der Waals surface area contributed by atoms with Crippen LogP contribution in [0.25, 0.3) is 0 Å². The number of hydrazone groups is 1. The molecule has 1 aliphatic rings. The molecule has 0 radical (unpaired) electrons. The fraction of sp³-hybridized carbons (Fsp3) is 0.308. The lowest BCUT2D eigenvalue weighted by Gasteiger charge is -2.13. The van der Waals surface area contributed by atoms with E-state index < -0.39 is 16.7 Å². The Hall–Kier alpha value is -2.97. The van der Waals surface area contributed by atoms with Gasteiger partial charge in [0.25, 0.3) is 5.69 Å². The maximum Gasteiger partial charge on any atom is 0.362 e. The molecule has 116 valence electrons. The number of esters is 1. The van der Waals surface area contributed by atoms with Crippen LogP contribution in [-0.2, 0) is 14.3 Å². The molecule has 1 heterocycles. The SMILES string of the molecule is CCOC(=O)C1=NN(c2ccc(OC)cc2[N+](=O)[O-])CC1=O. The minimum Gasteiger partial charge on any atom is -0.496 e. The maximum absolute atomic E-state index is 11.8. The molecule has 1 aromatic carbocycles. The van der Waals surface area contributed by atoms with Gasteiger partial charge < -0.3 is 9.47 Å². The molecule has 9 nitrogen and oxygen atoms in total. The van der Waals surface area contributed by atoms with Gasteiger partial charge in [0.1, 0.15) is 18.0 Å². The lowest BCUT2D eigenvalue weighted by molar-refractivity contribution is -0.384. The van der Waals surface area contributed by atoms with Gasteiger partial charge in [-0.05, 0) is 19.1 Å². The van der Waals surface area contributed by atoms with E-state index in [1.54, 1.807) is 6.92 Å². The number of nitrogens with zero attached hydrogens (tertiary/aromatic N) is 3. The van der Waals surface area contributed by atoms with Crippen LogP contribution in [-0.4, -0.2) is 42.6 Å². The zero-order chi connectivity index (χ0) is 16.3. The van der Waals surface area contributed by atoms with Crippen LogP contribution >= 0.6 is 0 Å². The van der Waals surface area contributed by atoms with Crippen LogP contribution in [0, 0.1) is 10.1 Å². The first-order valence-corrected chi connectivity index (χ1v) is 6.36. The Labute approximate surface area is 125 Å². The summed E-state index contributed by atoms with van der Waals surface area (Å²) in [6, 6.07) is 4.13. The van der Waals surface area contributed by atoms with E-state index in [0.29, 0.717) is 5.75 Å². The van der Waals surface area contributed by atoms with Gasteiger partial charge in [-0.1, -0.05) is 0 Å². The fourth-order valence-corrected chi connectivity index (χ4v) is 1.91. The third-order valence-corrected chi connectivity index (χ3v) is 2.90. The Morgan fingerprint density at radius 2 is 2.23 bits per heavy atom. The molecule has 0 spiro atoms. The van der Waals surface area contributed by atoms with E-state index in [-0.39, 0.29) is 30.2 Å². The number of rotatable bonds is 5. The number of benzene rings is 1. The summed E-state index contributed by atoms with van der Waals surface area (Å²) < 4.78 is 9.66. The molecule has 22 heavy (non-hydrogen) atoms. The van der Waals surface area contributed by atoms with Gasteiger partial charge in [-0.3, -0.25) is 14.9 Å². The molecule has 9 heteroatoms. The first-order valence-electron chi connectivity index (χ1n) is 6.36. The predicted octanol–water partition coefficient (Wildman–Crippen LogP) is 0.912. The molecule has 0 saturated carbocycles. The number of ether oxygens (including phenoxy) is 2. The van der Waals surface area contributed by atoms with Crippen LogP contribution in [0.1, 0.15) is 6.92 Å². The minimum atomic E-state index is -0.842. The zero-order valence-corrected chi connectivity index (χ0v) is 11.9. The Morgan fingerprint density at radius 3 is 2.82 bits per heavy atom. The van der Waals surface area contributed by atoms with Gasteiger partial charge in [0.05, 0.1) is 24.7 Å². The quantitative estimate of drug-likeness (QED) is 0.451. The second kappa shape index (κ2) is 6.20. The summed E-state index contributed by atoms with van der Waals surface area (Å²) in [6.07, 6.45) is 0. The largest absolute Gasteiger partial charge is 0.496 e. The molecule has 0 unspecified atom stereocenters. The lowest BCUT2D eigenvalue weighted by Crippen LogP contribution is -2.25. The Kier molecular flexibility index (Phi) is 4.35. The highest BCUT2D eigenvalue weighted by Crippen LogP contribution is 2.33. The van der Waals surface area contributed by atoms with Crippen molar-refractivity contribution in [3.63, 3.8) is 0 Å². The van der Waals surface area contributed by atoms with Gasteiger partial charge in [0.2, 0.25) is 11.5 Å². The first kappa shape index (κ1) is 15.4. The van der Waals surface area contributed by atoms with Gasteiger partial charge in [-0.2, -0.15) is 5.10 Å². The van der Waals surface area contributed by atoms with Gasteiger partial charge in [0.15, 0.2) is 0 Å². The average Bonchev–Trinajstić information content (AvgIpc) is 2.88. The summed E-state index contributed by atoms with van der Waals surface area (Å²) in [4.78, 5) is 33.9. The van der Waals surface area contributed by atoms with Crippen molar-refractivity contribution in [3.05, 3.63) is 28.3 Å². The number of carbonyl (C=O) groups is 2. The summed E-state index contributed by atoms with van der Waals surface area (Å²) in [6.45, 7) is 1.44. The number of methoxy groups -OCH3 is 1. The molecule has 0 amide bonds. The molecule has 0 fully saturated rings. The highest BCUT2D eigenvalue weighted by molar-refractivity contribution is 6.66. The van der Waals surface area contributed by atoms with E-state index in [4.69, 9.17) is 9.47 Å². The van der Waals surface area contributed by atoms with Gasteiger partial charge in [-0.25, -0.2) is 9.80 Å². The standard InChI is InChI=1S/C13H13N3O6/c1-3-22-13(18)12-11(17)7-15(14-12)9-5-4-8(21-2)6-10(9)16(19)20/h4-6H,3,7H2,1-2H3. The molecule has 0 aliphatic carbocycles. The molecule has 0 N–H and O–H groups in total. The zero-order valence-electron chi connectivity index (χ0n) is 11.9. The molecule has 0 atom stereocenters. The number of hydrogen-bond acceptors (Lipinski definition) is 8. The van der Waals surface area contributed by atoms with E-state index in [9.17, 15) is 19.7 Å². The molecule has 0 aromatic heterocycles. The second-order valence-electron chi connectivity index (χ2n) is 4.26. The molecule has 0 saturated heterocycles. The maximum atomic E-state index is 11.8. The van der Waals surface area contributed by atoms with Gasteiger partial charge in [0, 0.05) is 0 Å². The third-order valence-electron chi connectivity index (χ3n) is 2.90. The number of nitro benzene ring substituents is 1. The van der Waals surface area contributed by atoms with Crippen LogP contribution in [0.3, 0.4) is 0 Å². The highest BCUT2D eigenvalue weighted by atomic mass is 16.6. The van der Waals surface area contributed by atoms with E-state index in [0.717, 1.165) is 5.01 Å². The monoisotopic (exact) mass is 307 g/mol. The normalized spacial score (nSPS) is 13.8. The van der Waals surface area contributed by atoms with Gasteiger partial charge in [-0.15, -0.1) is 0 Å². The molecule has 1 aromatic rings. The summed E-state index contributed by atoms with van der Waals surface area (Å²) in [5.74, 6) is -1.09. The number of ketones is 1. The number of Topliss-reactive ketones (excluding diaryl/α,β-unsaturated/α-hetero) is 1. The average molecular weight is 307 g/mol. The Morgan fingerprint density at radius 1 is 1.50 bits per heavy atom. The summed E-state index contributed by atoms with van der Waals surface area (Å²) >= 11 is 0. The van der Waals surface area contributed by atoms with Crippen molar-refractivity contribution in [1.29, 1.82) is 0 Å². The van der Waals surface area contributed by atoms with Crippen LogP contribution < -0.4 is 9.75 Å². The first-order chi connectivity index (χ1) is 10.5. The van der Waals surface area contributed by atoms with Gasteiger partial charge >= 0.3 is 5.97 Å². The van der Waals surface area contributed by atoms with Crippen molar-refractivity contribution in [2.75, 3.05) is 25.3 Å². The van der Waals surface area contributed by atoms with Crippen molar-refractivity contribution in [1.82, 2.24) is 0 Å². The Bertz CT molecular complexity index is 670. The van der Waals surface area contributed by atoms with Crippen LogP contribution in [0.4, 0.5) is 11.4 Å². The third kappa shape index (κ3) is 2.87. The molecule has 0 bridgehead atoms. The summed E-state index contributed by atoms with van der Waals surface area (Å²) in [5, 5.41) is 16.1. The minimum absolute atomic E-state index is 0.0958. The molecular formula is C13H13N3O6. The van der Waals surface area contributed by atoms with Crippen molar-refractivity contribution in [2.45, 2.75) is 6.92 Å². The number of carbonyl (C=O) groups excluding carboxylic acids is 2. The topological polar surface area (TPSA) is 111 Å².